The minimum Gasteiger partial charge on any atom is -0.494 e. The molecule has 0 aromatic heterocycles. The Bertz CT molecular complexity index is 452. The maximum absolute atomic E-state index is 12.1. The van der Waals surface area contributed by atoms with Crippen molar-refractivity contribution in [1.82, 2.24) is 4.90 Å². The SMILES string of the molecule is C=CCC(=O)N(Cc1ccccc1OCC)C1CC1. The Labute approximate surface area is 114 Å². The van der Waals surface area contributed by atoms with E-state index in [2.05, 4.69) is 6.58 Å². The number of para-hydroxylation sites is 1. The Morgan fingerprint density at radius 1 is 1.47 bits per heavy atom. The Morgan fingerprint density at radius 3 is 2.84 bits per heavy atom. The molecule has 0 aliphatic heterocycles. The predicted molar refractivity (Wildman–Crippen MR) is 76.0 cm³/mol. The van der Waals surface area contributed by atoms with Crippen LogP contribution >= 0.6 is 0 Å². The molecule has 2 rings (SSSR count). The summed E-state index contributed by atoms with van der Waals surface area (Å²) < 4.78 is 5.62. The highest BCUT2D eigenvalue weighted by Gasteiger charge is 2.32. The van der Waals surface area contributed by atoms with Gasteiger partial charge >= 0.3 is 0 Å². The average molecular weight is 259 g/mol. The van der Waals surface area contributed by atoms with Crippen LogP contribution in [0.5, 0.6) is 5.75 Å². The highest BCUT2D eigenvalue weighted by molar-refractivity contribution is 5.78. The number of hydrogen-bond acceptors (Lipinski definition) is 2. The molecule has 1 fully saturated rings. The third-order valence-electron chi connectivity index (χ3n) is 3.24. The fourth-order valence-electron chi connectivity index (χ4n) is 2.16. The molecule has 0 N–H and O–H groups in total. The Morgan fingerprint density at radius 2 is 2.21 bits per heavy atom. The number of nitrogens with zero attached hydrogens (tertiary/aromatic N) is 1. The topological polar surface area (TPSA) is 29.5 Å². The summed E-state index contributed by atoms with van der Waals surface area (Å²) in [4.78, 5) is 14.1. The van der Waals surface area contributed by atoms with Gasteiger partial charge in [0, 0.05) is 24.6 Å². The molecule has 19 heavy (non-hydrogen) atoms. The number of ether oxygens (including phenoxy) is 1. The second kappa shape index (κ2) is 6.41. The van der Waals surface area contributed by atoms with Crippen molar-refractivity contribution in [2.24, 2.45) is 0 Å². The quantitative estimate of drug-likeness (QED) is 0.704. The van der Waals surface area contributed by atoms with Crippen LogP contribution in [0.15, 0.2) is 36.9 Å². The molecule has 0 spiro atoms. The third-order valence-corrected chi connectivity index (χ3v) is 3.24. The van der Waals surface area contributed by atoms with Crippen molar-refractivity contribution in [3.63, 3.8) is 0 Å². The van der Waals surface area contributed by atoms with Gasteiger partial charge in [0.05, 0.1) is 6.61 Å². The summed E-state index contributed by atoms with van der Waals surface area (Å²) in [7, 11) is 0. The first kappa shape index (κ1) is 13.7. The zero-order valence-electron chi connectivity index (χ0n) is 11.5. The van der Waals surface area contributed by atoms with E-state index in [1.165, 1.54) is 0 Å². The lowest BCUT2D eigenvalue weighted by molar-refractivity contribution is -0.131. The maximum atomic E-state index is 12.1. The molecule has 1 aliphatic rings. The summed E-state index contributed by atoms with van der Waals surface area (Å²) in [5, 5.41) is 0. The van der Waals surface area contributed by atoms with Crippen LogP contribution in [0.3, 0.4) is 0 Å². The summed E-state index contributed by atoms with van der Waals surface area (Å²) in [5.41, 5.74) is 1.08. The molecule has 1 aromatic carbocycles. The van der Waals surface area contributed by atoms with E-state index >= 15 is 0 Å². The van der Waals surface area contributed by atoms with Gasteiger partial charge in [0.25, 0.3) is 0 Å². The molecule has 0 atom stereocenters. The molecule has 1 amide bonds. The smallest absolute Gasteiger partial charge is 0.226 e. The van der Waals surface area contributed by atoms with E-state index < -0.39 is 0 Å². The molecular formula is C16H21NO2. The van der Waals surface area contributed by atoms with Gasteiger partial charge in [0.2, 0.25) is 5.91 Å². The lowest BCUT2D eigenvalue weighted by Gasteiger charge is -2.23. The first-order valence-electron chi connectivity index (χ1n) is 6.87. The first-order valence-corrected chi connectivity index (χ1v) is 6.87. The van der Waals surface area contributed by atoms with Crippen LogP contribution in [0.2, 0.25) is 0 Å². The lowest BCUT2D eigenvalue weighted by Crippen LogP contribution is -2.32. The molecule has 1 aromatic rings. The van der Waals surface area contributed by atoms with Crippen LogP contribution in [0.4, 0.5) is 0 Å². The molecule has 0 heterocycles. The van der Waals surface area contributed by atoms with E-state index in [1.54, 1.807) is 6.08 Å². The van der Waals surface area contributed by atoms with Crippen molar-refractivity contribution in [2.75, 3.05) is 6.61 Å². The van der Waals surface area contributed by atoms with Gasteiger partial charge in [-0.2, -0.15) is 0 Å². The van der Waals surface area contributed by atoms with Gasteiger partial charge in [-0.1, -0.05) is 24.3 Å². The highest BCUT2D eigenvalue weighted by Crippen LogP contribution is 2.30. The third kappa shape index (κ3) is 3.60. The minimum atomic E-state index is 0.156. The number of benzene rings is 1. The van der Waals surface area contributed by atoms with E-state index in [-0.39, 0.29) is 5.91 Å². The number of rotatable bonds is 7. The van der Waals surface area contributed by atoms with Gasteiger partial charge < -0.3 is 9.64 Å². The van der Waals surface area contributed by atoms with E-state index in [0.29, 0.717) is 25.6 Å². The van der Waals surface area contributed by atoms with Gasteiger partial charge in [-0.15, -0.1) is 6.58 Å². The fraction of sp³-hybridized carbons (Fsp3) is 0.438. The van der Waals surface area contributed by atoms with Crippen molar-refractivity contribution in [1.29, 1.82) is 0 Å². The van der Waals surface area contributed by atoms with Gasteiger partial charge in [-0.05, 0) is 25.8 Å². The molecule has 0 saturated heterocycles. The zero-order valence-corrected chi connectivity index (χ0v) is 11.5. The van der Waals surface area contributed by atoms with Gasteiger partial charge in [-0.25, -0.2) is 0 Å². The van der Waals surface area contributed by atoms with Gasteiger partial charge in [-0.3, -0.25) is 4.79 Å². The summed E-state index contributed by atoms with van der Waals surface area (Å²) >= 11 is 0. The fourth-order valence-corrected chi connectivity index (χ4v) is 2.16. The number of carbonyl (C=O) groups excluding carboxylic acids is 1. The van der Waals surface area contributed by atoms with E-state index in [1.807, 2.05) is 36.1 Å². The van der Waals surface area contributed by atoms with Crippen LogP contribution in [0.25, 0.3) is 0 Å². The number of hydrogen-bond donors (Lipinski definition) is 0. The molecule has 1 saturated carbocycles. The summed E-state index contributed by atoms with van der Waals surface area (Å²) in [5.74, 6) is 1.03. The van der Waals surface area contributed by atoms with Crippen LogP contribution in [-0.2, 0) is 11.3 Å². The Balaban J connectivity index is 2.12. The normalized spacial score (nSPS) is 13.9. The molecular weight excluding hydrogens is 238 g/mol. The van der Waals surface area contributed by atoms with E-state index in [9.17, 15) is 4.79 Å². The summed E-state index contributed by atoms with van der Waals surface area (Å²) in [6, 6.07) is 8.34. The standard InChI is InChI=1S/C16H21NO2/c1-3-7-16(18)17(14-10-11-14)12-13-8-5-6-9-15(13)19-4-2/h3,5-6,8-9,14H,1,4,7,10-12H2,2H3. The van der Waals surface area contributed by atoms with Crippen LogP contribution < -0.4 is 4.74 Å². The van der Waals surface area contributed by atoms with Gasteiger partial charge in [0.15, 0.2) is 0 Å². The van der Waals surface area contributed by atoms with Crippen molar-refractivity contribution in [3.8, 4) is 5.75 Å². The molecule has 102 valence electrons. The van der Waals surface area contributed by atoms with Crippen LogP contribution in [0.1, 0.15) is 31.7 Å². The second-order valence-electron chi connectivity index (χ2n) is 4.79. The lowest BCUT2D eigenvalue weighted by atomic mass is 10.1. The van der Waals surface area contributed by atoms with Crippen molar-refractivity contribution >= 4 is 5.91 Å². The molecule has 1 aliphatic carbocycles. The molecule has 3 nitrogen and oxygen atoms in total. The minimum absolute atomic E-state index is 0.156. The van der Waals surface area contributed by atoms with Gasteiger partial charge in [0.1, 0.15) is 5.75 Å². The molecule has 0 bridgehead atoms. The summed E-state index contributed by atoms with van der Waals surface area (Å²) in [6.45, 7) is 6.89. The predicted octanol–water partition coefficient (Wildman–Crippen LogP) is 3.15. The van der Waals surface area contributed by atoms with Crippen molar-refractivity contribution < 1.29 is 9.53 Å². The summed E-state index contributed by atoms with van der Waals surface area (Å²) in [6.07, 6.45) is 4.30. The molecule has 0 unspecified atom stereocenters. The zero-order chi connectivity index (χ0) is 13.7. The molecule has 0 radical (unpaired) electrons. The van der Waals surface area contributed by atoms with Crippen LogP contribution in [-0.4, -0.2) is 23.5 Å². The van der Waals surface area contributed by atoms with Crippen molar-refractivity contribution in [2.45, 2.75) is 38.8 Å². The number of carbonyl (C=O) groups is 1. The number of amides is 1. The van der Waals surface area contributed by atoms with E-state index in [0.717, 1.165) is 24.2 Å². The maximum Gasteiger partial charge on any atom is 0.226 e. The monoisotopic (exact) mass is 259 g/mol. The Hall–Kier alpha value is -1.77. The first-order chi connectivity index (χ1) is 9.26. The van der Waals surface area contributed by atoms with Crippen molar-refractivity contribution in [3.05, 3.63) is 42.5 Å². The van der Waals surface area contributed by atoms with E-state index in [4.69, 9.17) is 4.74 Å². The Kier molecular flexibility index (Phi) is 4.61. The van der Waals surface area contributed by atoms with Crippen LogP contribution in [0, 0.1) is 0 Å². The highest BCUT2D eigenvalue weighted by atomic mass is 16.5. The largest absolute Gasteiger partial charge is 0.494 e. The second-order valence-corrected chi connectivity index (χ2v) is 4.79. The average Bonchev–Trinajstić information content (AvgIpc) is 3.22. The molecule has 3 heteroatoms.